The van der Waals surface area contributed by atoms with E-state index in [4.69, 9.17) is 0 Å². The maximum absolute atomic E-state index is 12.7. The summed E-state index contributed by atoms with van der Waals surface area (Å²) in [6, 6.07) is 8.42. The van der Waals surface area contributed by atoms with Crippen molar-refractivity contribution in [3.8, 4) is 0 Å². The molecule has 5 nitrogen and oxygen atoms in total. The first kappa shape index (κ1) is 19.7. The van der Waals surface area contributed by atoms with Gasteiger partial charge in [0.25, 0.3) is 0 Å². The third-order valence-electron chi connectivity index (χ3n) is 5.19. The van der Waals surface area contributed by atoms with E-state index in [0.29, 0.717) is 13.0 Å². The van der Waals surface area contributed by atoms with Crippen LogP contribution in [0.15, 0.2) is 24.3 Å². The molecule has 1 aromatic rings. The van der Waals surface area contributed by atoms with E-state index in [2.05, 4.69) is 24.4 Å². The smallest absolute Gasteiger partial charge is 0.228 e. The van der Waals surface area contributed by atoms with Gasteiger partial charge < -0.3 is 15.1 Å². The summed E-state index contributed by atoms with van der Waals surface area (Å²) in [6.45, 7) is 4.47. The van der Waals surface area contributed by atoms with Gasteiger partial charge in [-0.25, -0.2) is 0 Å². The van der Waals surface area contributed by atoms with Gasteiger partial charge in [-0.05, 0) is 37.1 Å². The highest BCUT2D eigenvalue weighted by Gasteiger charge is 2.38. The first-order valence-corrected chi connectivity index (χ1v) is 8.97. The summed E-state index contributed by atoms with van der Waals surface area (Å²) in [5.41, 5.74) is 2.19. The van der Waals surface area contributed by atoms with Gasteiger partial charge in [0.05, 0.1) is 5.92 Å². The number of likely N-dealkylation sites (N-methyl/N-ethyl adjacent to an activating group) is 1. The molecule has 3 rings (SSSR count). The maximum atomic E-state index is 12.7. The lowest BCUT2D eigenvalue weighted by atomic mass is 10.1. The molecule has 0 aromatic heterocycles. The first-order chi connectivity index (χ1) is 11.6. The molecular weight excluding hydrogens is 338 g/mol. The van der Waals surface area contributed by atoms with Crippen molar-refractivity contribution in [1.29, 1.82) is 0 Å². The Morgan fingerprint density at radius 2 is 2.04 bits per heavy atom. The molecule has 25 heavy (non-hydrogen) atoms. The first-order valence-electron chi connectivity index (χ1n) is 8.97. The molecule has 2 aliphatic heterocycles. The third kappa shape index (κ3) is 4.33. The minimum Gasteiger partial charge on any atom is -0.341 e. The van der Waals surface area contributed by atoms with Crippen molar-refractivity contribution in [3.63, 3.8) is 0 Å². The van der Waals surface area contributed by atoms with Crippen molar-refractivity contribution >= 4 is 29.9 Å². The van der Waals surface area contributed by atoms with Crippen molar-refractivity contribution in [2.45, 2.75) is 38.6 Å². The Balaban J connectivity index is 0.00000225. The summed E-state index contributed by atoms with van der Waals surface area (Å²) in [6.07, 6.45) is 3.47. The quantitative estimate of drug-likeness (QED) is 0.870. The molecule has 0 saturated carbocycles. The number of carbonyl (C=O) groups excluding carboxylic acids is 2. The number of hydrogen-bond donors (Lipinski definition) is 1. The SMILES string of the molecule is CCCc1ccc(N2CC(C(=O)N(C)C3CCNC3)CC2=O)cc1.Cl. The van der Waals surface area contributed by atoms with Crippen molar-refractivity contribution in [1.82, 2.24) is 10.2 Å². The number of halogens is 1. The van der Waals surface area contributed by atoms with Crippen LogP contribution >= 0.6 is 12.4 Å². The van der Waals surface area contributed by atoms with Gasteiger partial charge in [0.15, 0.2) is 0 Å². The summed E-state index contributed by atoms with van der Waals surface area (Å²) < 4.78 is 0. The highest BCUT2D eigenvalue weighted by atomic mass is 35.5. The monoisotopic (exact) mass is 365 g/mol. The van der Waals surface area contributed by atoms with Crippen LogP contribution in [0.25, 0.3) is 0 Å². The number of nitrogens with zero attached hydrogens (tertiary/aromatic N) is 2. The van der Waals surface area contributed by atoms with E-state index in [9.17, 15) is 9.59 Å². The number of anilines is 1. The minimum atomic E-state index is -0.224. The zero-order valence-corrected chi connectivity index (χ0v) is 15.8. The number of hydrogen-bond acceptors (Lipinski definition) is 3. The summed E-state index contributed by atoms with van der Waals surface area (Å²) in [5, 5.41) is 3.29. The number of rotatable bonds is 5. The fraction of sp³-hybridized carbons (Fsp3) is 0.579. The molecule has 1 N–H and O–H groups in total. The summed E-state index contributed by atoms with van der Waals surface area (Å²) in [4.78, 5) is 28.7. The van der Waals surface area contributed by atoms with Crippen LogP contribution in [-0.2, 0) is 16.0 Å². The second-order valence-corrected chi connectivity index (χ2v) is 6.92. The van der Waals surface area contributed by atoms with Crippen LogP contribution in [-0.4, -0.2) is 49.4 Å². The van der Waals surface area contributed by atoms with E-state index in [1.54, 1.807) is 4.90 Å². The molecule has 0 spiro atoms. The molecule has 6 heteroatoms. The highest BCUT2D eigenvalue weighted by Crippen LogP contribution is 2.27. The Labute approximate surface area is 156 Å². The fourth-order valence-corrected chi connectivity index (χ4v) is 3.69. The summed E-state index contributed by atoms with van der Waals surface area (Å²) >= 11 is 0. The van der Waals surface area contributed by atoms with Gasteiger partial charge in [0, 0.05) is 38.3 Å². The fourth-order valence-electron chi connectivity index (χ4n) is 3.69. The van der Waals surface area contributed by atoms with E-state index < -0.39 is 0 Å². The zero-order valence-electron chi connectivity index (χ0n) is 15.0. The molecule has 2 heterocycles. The van der Waals surface area contributed by atoms with Gasteiger partial charge >= 0.3 is 0 Å². The van der Waals surface area contributed by atoms with E-state index in [0.717, 1.165) is 38.0 Å². The number of carbonyl (C=O) groups is 2. The number of amides is 2. The zero-order chi connectivity index (χ0) is 17.1. The predicted molar refractivity (Wildman–Crippen MR) is 102 cm³/mol. The van der Waals surface area contributed by atoms with Crippen LogP contribution in [0.2, 0.25) is 0 Å². The Morgan fingerprint density at radius 3 is 2.64 bits per heavy atom. The average molecular weight is 366 g/mol. The molecule has 2 fully saturated rings. The molecule has 0 aliphatic carbocycles. The van der Waals surface area contributed by atoms with Crippen molar-refractivity contribution in [2.24, 2.45) is 5.92 Å². The van der Waals surface area contributed by atoms with Gasteiger partial charge in [-0.1, -0.05) is 25.5 Å². The normalized spacial score (nSPS) is 22.8. The molecule has 2 aliphatic rings. The van der Waals surface area contributed by atoms with Crippen molar-refractivity contribution in [2.75, 3.05) is 31.6 Å². The van der Waals surface area contributed by atoms with Crippen LogP contribution in [0.3, 0.4) is 0 Å². The molecule has 2 atom stereocenters. The second-order valence-electron chi connectivity index (χ2n) is 6.92. The number of nitrogens with one attached hydrogen (secondary N) is 1. The molecule has 2 unspecified atom stereocenters. The average Bonchev–Trinajstić information content (AvgIpc) is 3.24. The van der Waals surface area contributed by atoms with Gasteiger partial charge in [-0.2, -0.15) is 0 Å². The van der Waals surface area contributed by atoms with Crippen LogP contribution in [0.5, 0.6) is 0 Å². The largest absolute Gasteiger partial charge is 0.341 e. The Kier molecular flexibility index (Phi) is 6.85. The van der Waals surface area contributed by atoms with Crippen LogP contribution in [0.4, 0.5) is 5.69 Å². The lowest BCUT2D eigenvalue weighted by molar-refractivity contribution is -0.136. The Morgan fingerprint density at radius 1 is 1.32 bits per heavy atom. The van der Waals surface area contributed by atoms with Crippen LogP contribution < -0.4 is 10.2 Å². The molecule has 2 saturated heterocycles. The van der Waals surface area contributed by atoms with E-state index in [1.165, 1.54) is 5.56 Å². The van der Waals surface area contributed by atoms with Gasteiger partial charge in [-0.3, -0.25) is 9.59 Å². The summed E-state index contributed by atoms with van der Waals surface area (Å²) in [5.74, 6) is -0.0740. The lowest BCUT2D eigenvalue weighted by Crippen LogP contribution is -2.42. The second kappa shape index (κ2) is 8.68. The van der Waals surface area contributed by atoms with Crippen LogP contribution in [0.1, 0.15) is 31.7 Å². The molecule has 1 aromatic carbocycles. The maximum Gasteiger partial charge on any atom is 0.228 e. The van der Waals surface area contributed by atoms with Crippen LogP contribution in [0, 0.1) is 5.92 Å². The molecular formula is C19H28ClN3O2. The predicted octanol–water partition coefficient (Wildman–Crippen LogP) is 2.23. The van der Waals surface area contributed by atoms with E-state index >= 15 is 0 Å². The van der Waals surface area contributed by atoms with Gasteiger partial charge in [-0.15, -0.1) is 12.4 Å². The standard InChI is InChI=1S/C19H27N3O2.ClH/c1-3-4-14-5-7-16(8-6-14)22-13-15(11-18(22)23)19(24)21(2)17-9-10-20-12-17;/h5-8,15,17,20H,3-4,9-13H2,1-2H3;1H. The van der Waals surface area contributed by atoms with Gasteiger partial charge in [0.1, 0.15) is 0 Å². The Hall–Kier alpha value is -1.59. The molecule has 0 bridgehead atoms. The third-order valence-corrected chi connectivity index (χ3v) is 5.19. The molecule has 2 amide bonds. The topological polar surface area (TPSA) is 52.7 Å². The van der Waals surface area contributed by atoms with Gasteiger partial charge in [0.2, 0.25) is 11.8 Å². The lowest BCUT2D eigenvalue weighted by Gasteiger charge is -2.26. The summed E-state index contributed by atoms with van der Waals surface area (Å²) in [7, 11) is 1.87. The Bertz CT molecular complexity index is 599. The molecule has 0 radical (unpaired) electrons. The van der Waals surface area contributed by atoms with Crippen molar-refractivity contribution < 1.29 is 9.59 Å². The number of aryl methyl sites for hydroxylation is 1. The molecule has 138 valence electrons. The highest BCUT2D eigenvalue weighted by molar-refractivity contribution is 6.00. The van der Waals surface area contributed by atoms with E-state index in [-0.39, 0.29) is 36.2 Å². The number of benzene rings is 1. The van der Waals surface area contributed by atoms with E-state index in [1.807, 2.05) is 24.1 Å². The van der Waals surface area contributed by atoms with Crippen molar-refractivity contribution in [3.05, 3.63) is 29.8 Å². The minimum absolute atomic E-state index is 0.